The van der Waals surface area contributed by atoms with Gasteiger partial charge in [-0.2, -0.15) is 0 Å². The van der Waals surface area contributed by atoms with Crippen LogP contribution in [0, 0.1) is 0 Å². The summed E-state index contributed by atoms with van der Waals surface area (Å²) in [5.41, 5.74) is 0. The van der Waals surface area contributed by atoms with Crippen LogP contribution in [-0.4, -0.2) is 48.2 Å². The zero-order valence-electron chi connectivity index (χ0n) is 8.88. The first-order chi connectivity index (χ1) is 7.07. The molecule has 1 aliphatic carbocycles. The zero-order chi connectivity index (χ0) is 10.6. The van der Waals surface area contributed by atoms with Crippen molar-refractivity contribution in [2.75, 3.05) is 6.79 Å². The average Bonchev–Trinajstić information content (AvgIpc) is 2.68. The van der Waals surface area contributed by atoms with Gasteiger partial charge in [0.05, 0.1) is 12.2 Å². The minimum Gasteiger partial charge on any atom is -0.387 e. The first-order valence-corrected chi connectivity index (χ1v) is 5.34. The van der Waals surface area contributed by atoms with E-state index in [-0.39, 0.29) is 31.2 Å². The summed E-state index contributed by atoms with van der Waals surface area (Å²) in [5.74, 6) is -0.616. The van der Waals surface area contributed by atoms with Crippen molar-refractivity contribution in [1.82, 2.24) is 0 Å². The molecule has 86 valence electrons. The monoisotopic (exact) mass is 216 g/mol. The second kappa shape index (κ2) is 3.15. The van der Waals surface area contributed by atoms with Gasteiger partial charge in [-0.25, -0.2) is 0 Å². The Balaban J connectivity index is 1.81. The molecule has 0 bridgehead atoms. The second-order valence-electron chi connectivity index (χ2n) is 4.82. The van der Waals surface area contributed by atoms with Crippen LogP contribution in [0.25, 0.3) is 0 Å². The highest BCUT2D eigenvalue weighted by Gasteiger charge is 2.55. The van der Waals surface area contributed by atoms with Gasteiger partial charge in [-0.1, -0.05) is 0 Å². The van der Waals surface area contributed by atoms with Crippen molar-refractivity contribution in [3.8, 4) is 0 Å². The lowest BCUT2D eigenvalue weighted by molar-refractivity contribution is -0.160. The van der Waals surface area contributed by atoms with Gasteiger partial charge < -0.3 is 24.1 Å². The molecule has 2 heterocycles. The van der Waals surface area contributed by atoms with E-state index in [4.69, 9.17) is 18.9 Å². The van der Waals surface area contributed by atoms with Crippen molar-refractivity contribution >= 4 is 0 Å². The van der Waals surface area contributed by atoms with Gasteiger partial charge in [-0.05, 0) is 13.8 Å². The fourth-order valence-corrected chi connectivity index (χ4v) is 2.68. The predicted octanol–water partition coefficient (Wildman–Crippen LogP) is 0.0126. The quantitative estimate of drug-likeness (QED) is 0.618. The maximum absolute atomic E-state index is 10.1. The molecule has 3 fully saturated rings. The van der Waals surface area contributed by atoms with Crippen LogP contribution >= 0.6 is 0 Å². The zero-order valence-corrected chi connectivity index (χ0v) is 8.88. The van der Waals surface area contributed by atoms with E-state index >= 15 is 0 Å². The predicted molar refractivity (Wildman–Crippen MR) is 49.1 cm³/mol. The molecule has 1 N–H and O–H groups in total. The molecule has 1 unspecified atom stereocenters. The summed E-state index contributed by atoms with van der Waals surface area (Å²) in [7, 11) is 0. The number of hydrogen-bond acceptors (Lipinski definition) is 5. The molecule has 5 heteroatoms. The highest BCUT2D eigenvalue weighted by Crippen LogP contribution is 2.40. The van der Waals surface area contributed by atoms with Crippen molar-refractivity contribution in [2.45, 2.75) is 56.6 Å². The molecular weight excluding hydrogens is 200 g/mol. The largest absolute Gasteiger partial charge is 0.387 e. The maximum Gasteiger partial charge on any atom is 0.163 e. The highest BCUT2D eigenvalue weighted by molar-refractivity contribution is 5.00. The van der Waals surface area contributed by atoms with E-state index in [0.717, 1.165) is 6.42 Å². The summed E-state index contributed by atoms with van der Waals surface area (Å²) < 4.78 is 22.1. The number of fused-ring (bicyclic) bond motifs is 2. The molecule has 15 heavy (non-hydrogen) atoms. The normalized spacial score (nSPS) is 52.6. The summed E-state index contributed by atoms with van der Waals surface area (Å²) in [5, 5.41) is 10.1. The van der Waals surface area contributed by atoms with Crippen molar-refractivity contribution in [2.24, 2.45) is 0 Å². The number of hydrogen-bond donors (Lipinski definition) is 1. The Bertz CT molecular complexity index is 265. The molecule has 2 aliphatic heterocycles. The molecule has 1 saturated carbocycles. The molecule has 0 spiro atoms. The van der Waals surface area contributed by atoms with E-state index < -0.39 is 11.9 Å². The molecule has 2 saturated heterocycles. The second-order valence-corrected chi connectivity index (χ2v) is 4.82. The van der Waals surface area contributed by atoms with Crippen LogP contribution in [0.5, 0.6) is 0 Å². The van der Waals surface area contributed by atoms with Gasteiger partial charge in [0.1, 0.15) is 25.1 Å². The summed E-state index contributed by atoms with van der Waals surface area (Å²) in [6, 6.07) is 0. The van der Waals surface area contributed by atoms with Gasteiger partial charge >= 0.3 is 0 Å². The van der Waals surface area contributed by atoms with Crippen LogP contribution in [0.15, 0.2) is 0 Å². The van der Waals surface area contributed by atoms with Gasteiger partial charge in [-0.3, -0.25) is 0 Å². The van der Waals surface area contributed by atoms with Crippen molar-refractivity contribution in [3.05, 3.63) is 0 Å². The molecule has 5 atom stereocenters. The van der Waals surface area contributed by atoms with Crippen molar-refractivity contribution in [3.63, 3.8) is 0 Å². The van der Waals surface area contributed by atoms with Gasteiger partial charge in [0.2, 0.25) is 0 Å². The van der Waals surface area contributed by atoms with Gasteiger partial charge in [-0.15, -0.1) is 0 Å². The van der Waals surface area contributed by atoms with E-state index in [1.54, 1.807) is 0 Å². The molecule has 3 rings (SSSR count). The number of rotatable bonds is 0. The molecule has 0 aromatic rings. The van der Waals surface area contributed by atoms with E-state index in [1.165, 1.54) is 0 Å². The third kappa shape index (κ3) is 1.50. The van der Waals surface area contributed by atoms with E-state index in [2.05, 4.69) is 0 Å². The lowest BCUT2D eigenvalue weighted by atomic mass is 9.87. The number of ether oxygens (including phenoxy) is 4. The minimum atomic E-state index is -0.655. The van der Waals surface area contributed by atoms with Crippen LogP contribution < -0.4 is 0 Å². The fraction of sp³-hybridized carbons (Fsp3) is 1.00. The Kier molecular flexibility index (Phi) is 2.10. The minimum absolute atomic E-state index is 0.0567. The van der Waals surface area contributed by atoms with E-state index in [1.807, 2.05) is 13.8 Å². The molecule has 5 nitrogen and oxygen atoms in total. The molecule has 0 aromatic carbocycles. The van der Waals surface area contributed by atoms with Gasteiger partial charge in [0, 0.05) is 6.42 Å². The lowest BCUT2D eigenvalue weighted by Crippen LogP contribution is -2.53. The smallest absolute Gasteiger partial charge is 0.163 e. The maximum atomic E-state index is 10.1. The van der Waals surface area contributed by atoms with Crippen LogP contribution in [-0.2, 0) is 18.9 Å². The number of aliphatic hydroxyl groups is 1. The van der Waals surface area contributed by atoms with Crippen LogP contribution in [0.4, 0.5) is 0 Å². The van der Waals surface area contributed by atoms with E-state index in [9.17, 15) is 5.11 Å². The third-order valence-corrected chi connectivity index (χ3v) is 3.27. The average molecular weight is 216 g/mol. The molecule has 0 aromatic heterocycles. The van der Waals surface area contributed by atoms with Crippen LogP contribution in [0.3, 0.4) is 0 Å². The molecule has 3 aliphatic rings. The Hall–Kier alpha value is -0.200. The fourth-order valence-electron chi connectivity index (χ4n) is 2.68. The highest BCUT2D eigenvalue weighted by atomic mass is 16.8. The Morgan fingerprint density at radius 2 is 1.87 bits per heavy atom. The first kappa shape index (κ1) is 9.99. The van der Waals surface area contributed by atoms with Gasteiger partial charge in [0.15, 0.2) is 5.79 Å². The van der Waals surface area contributed by atoms with E-state index in [0.29, 0.717) is 0 Å². The standard InChI is InChI=1S/C10H16O5/c1-10(2)14-6-3-5-8(13-4-12-5)7(11)9(6)15-10/h5-9,11H,3-4H2,1-2H3/t5?,6-,7+,8-,9+/m0/s1. The Morgan fingerprint density at radius 3 is 2.67 bits per heavy atom. The SMILES string of the molecule is CC1(C)O[C@H]2[C@H](O)[C@H]3OCOC3C[C@@H]2O1. The third-order valence-electron chi connectivity index (χ3n) is 3.27. The molecular formula is C10H16O5. The lowest BCUT2D eigenvalue weighted by Gasteiger charge is -2.34. The molecule has 0 amide bonds. The Morgan fingerprint density at radius 1 is 1.07 bits per heavy atom. The Labute approximate surface area is 88.3 Å². The first-order valence-electron chi connectivity index (χ1n) is 5.34. The summed E-state index contributed by atoms with van der Waals surface area (Å²) in [4.78, 5) is 0. The van der Waals surface area contributed by atoms with Gasteiger partial charge in [0.25, 0.3) is 0 Å². The summed E-state index contributed by atoms with van der Waals surface area (Å²) in [6.45, 7) is 3.97. The van der Waals surface area contributed by atoms with Crippen molar-refractivity contribution < 1.29 is 24.1 Å². The topological polar surface area (TPSA) is 57.2 Å². The number of aliphatic hydroxyl groups excluding tert-OH is 1. The van der Waals surface area contributed by atoms with Crippen LogP contribution in [0.1, 0.15) is 20.3 Å². The summed E-state index contributed by atoms with van der Waals surface area (Å²) >= 11 is 0. The van der Waals surface area contributed by atoms with Crippen molar-refractivity contribution in [1.29, 1.82) is 0 Å². The van der Waals surface area contributed by atoms with Crippen LogP contribution in [0.2, 0.25) is 0 Å². The molecule has 0 radical (unpaired) electrons. The summed E-state index contributed by atoms with van der Waals surface area (Å²) in [6.07, 6.45) is -0.614.